The predicted molar refractivity (Wildman–Crippen MR) is 412 cm³/mol. The molecule has 4 heterocycles. The van der Waals surface area contributed by atoms with E-state index in [0.29, 0.717) is 109 Å². The molecule has 0 spiro atoms. The molecule has 0 saturated carbocycles. The number of amides is 10. The number of nitrogens with zero attached hydrogens (tertiary/aromatic N) is 5. The van der Waals surface area contributed by atoms with Gasteiger partial charge in [-0.3, -0.25) is 43.3 Å². The number of benzene rings is 5. The van der Waals surface area contributed by atoms with Crippen LogP contribution < -0.4 is 41.0 Å². The molecular weight excluding hydrogens is 1460 g/mol. The molecule has 4 atom stereocenters. The fourth-order valence-electron chi connectivity index (χ4n) is 13.0. The summed E-state index contributed by atoms with van der Waals surface area (Å²) in [5.41, 5.74) is 9.23. The van der Waals surface area contributed by atoms with Crippen molar-refractivity contribution in [1.82, 2.24) is 25.3 Å². The van der Waals surface area contributed by atoms with Crippen LogP contribution in [0, 0.1) is 11.8 Å². The van der Waals surface area contributed by atoms with Gasteiger partial charge >= 0.3 is 24.2 Å². The highest BCUT2D eigenvalue weighted by Crippen LogP contribution is 2.49. The van der Waals surface area contributed by atoms with Crippen LogP contribution in [-0.4, -0.2) is 225 Å². The smallest absolute Gasteiger partial charge is 0.415 e. The molecule has 3 aliphatic rings. The Bertz CT molecular complexity index is 4270. The van der Waals surface area contributed by atoms with Gasteiger partial charge in [-0.2, -0.15) is 0 Å². The van der Waals surface area contributed by atoms with Crippen LogP contribution in [0.1, 0.15) is 108 Å². The number of Topliss-reactive ketones (excluding diaryl/α,β-unsaturated/α-hetero) is 1. The Balaban J connectivity index is 0.686. The minimum absolute atomic E-state index is 0.0180. The highest BCUT2D eigenvalue weighted by atomic mass is 35.5. The average Bonchev–Trinajstić information content (AvgIpc) is 1.57. The first-order chi connectivity index (χ1) is 53.0. The van der Waals surface area contributed by atoms with E-state index in [1.165, 1.54) is 43.0 Å². The van der Waals surface area contributed by atoms with Crippen LogP contribution in [0.5, 0.6) is 11.5 Å². The second-order valence-corrected chi connectivity index (χ2v) is 28.3. The third kappa shape index (κ3) is 23.1. The number of thiophene rings is 1. The molecule has 9 rings (SSSR count). The van der Waals surface area contributed by atoms with Crippen LogP contribution in [0.4, 0.5) is 31.4 Å². The molecule has 3 aliphatic heterocycles. The molecule has 0 aliphatic carbocycles. The molecule has 5 N–H and O–H groups in total. The Morgan fingerprint density at radius 1 is 0.627 bits per heavy atom. The summed E-state index contributed by atoms with van der Waals surface area (Å²) in [4.78, 5) is 152. The molecule has 29 nitrogen and oxygen atoms in total. The number of fused-ring (bicyclic) bond motifs is 6. The lowest BCUT2D eigenvalue weighted by Crippen LogP contribution is -2.45. The Labute approximate surface area is 647 Å². The maximum atomic E-state index is 14.7. The minimum Gasteiger partial charge on any atom is -0.445 e. The van der Waals surface area contributed by atoms with E-state index in [1.54, 1.807) is 72.2 Å². The zero-order valence-electron chi connectivity index (χ0n) is 62.7. The van der Waals surface area contributed by atoms with Crippen LogP contribution >= 0.6 is 22.9 Å². The lowest BCUT2D eigenvalue weighted by Gasteiger charge is -2.24. The number of hydrogen-bond donors (Lipinski definition) is 4. The number of urea groups is 1. The minimum atomic E-state index is -0.908. The number of nitrogens with two attached hydrogens (primary N) is 1. The van der Waals surface area contributed by atoms with E-state index in [1.807, 2.05) is 48.5 Å². The Kier molecular flexibility index (Phi) is 31.9. The SMILES string of the molecule is CCC1CN(C(=O)c2ccc(C(=O)N3CC(CCl)c4c3cc(OC(=O)N(C)CCN(C)C(=O)OCc3ccc(NC(=O)C(CCCNC(N)=O)CC(=O)C(NC(=O)CCOCCOCCOCCOCCOCCOCCN5C(=O)C=CC5=O)C(C)C)cc3)c3ccccc43)s2)c2cc(OC(C)=O)c3ccccc3c21. The van der Waals surface area contributed by atoms with Gasteiger partial charge in [0.15, 0.2) is 5.78 Å². The van der Waals surface area contributed by atoms with Crippen molar-refractivity contribution in [2.75, 3.05) is 154 Å². The summed E-state index contributed by atoms with van der Waals surface area (Å²) in [7, 11) is 3.05. The maximum Gasteiger partial charge on any atom is 0.415 e. The number of nitrogens with one attached hydrogen (secondary N) is 3. The molecule has 6 aromatic rings. The van der Waals surface area contributed by atoms with Gasteiger partial charge in [-0.15, -0.1) is 22.9 Å². The standard InChI is InChI=1S/C79H96ClN9O20S/c1-7-53-47-88(61-44-64(108-51(4)90)57-14-8-10-16-59(57)71(53)61)75(96)66-22-23-67(110-66)76(97)89-48-55(46-80)72-60-17-11-9-15-58(60)65(45-62(72)89)109-79(100)86(6)29-28-85(5)78(99)107-49-52-18-20-56(21-19-52)83-74(95)54(13-12-27-82-77(81)98)43-63(91)73(50(2)3)84-68(92)26-31-101-33-35-103-37-39-105-41-42-106-40-38-104-36-34-102-32-30-87-69(93)24-25-70(87)94/h8-11,14-25,44-45,50,53-55,73H,7,12-13,26-43,46-49H2,1-6H3,(H,83,95)(H,84,92)(H3,81,82,98). The van der Waals surface area contributed by atoms with Crippen LogP contribution in [0.15, 0.2) is 109 Å². The van der Waals surface area contributed by atoms with Crippen molar-refractivity contribution in [3.05, 3.63) is 136 Å². The van der Waals surface area contributed by atoms with Gasteiger partial charge in [0.25, 0.3) is 23.6 Å². The van der Waals surface area contributed by atoms with Gasteiger partial charge in [-0.1, -0.05) is 81.4 Å². The zero-order chi connectivity index (χ0) is 78.8. The van der Waals surface area contributed by atoms with Gasteiger partial charge in [-0.25, -0.2) is 14.4 Å². The first-order valence-electron chi connectivity index (χ1n) is 36.7. The van der Waals surface area contributed by atoms with Gasteiger partial charge in [0, 0.05) is 131 Å². The topological polar surface area (TPSA) is 349 Å². The molecule has 590 valence electrons. The third-order valence-electron chi connectivity index (χ3n) is 18.8. The molecular formula is C79H96ClN9O20S. The van der Waals surface area contributed by atoms with E-state index < -0.39 is 48.0 Å². The van der Waals surface area contributed by atoms with Crippen LogP contribution in [-0.2, 0) is 68.5 Å². The monoisotopic (exact) mass is 1560 g/mol. The summed E-state index contributed by atoms with van der Waals surface area (Å²) in [6.45, 7) is 11.5. The van der Waals surface area contributed by atoms with E-state index >= 15 is 0 Å². The van der Waals surface area contributed by atoms with Crippen molar-refractivity contribution in [1.29, 1.82) is 0 Å². The predicted octanol–water partition coefficient (Wildman–Crippen LogP) is 9.33. The van der Waals surface area contributed by atoms with Crippen molar-refractivity contribution >= 4 is 127 Å². The summed E-state index contributed by atoms with van der Waals surface area (Å²) in [6.07, 6.45) is 2.08. The number of alkyl halides is 1. The molecule has 0 fully saturated rings. The highest BCUT2D eigenvalue weighted by molar-refractivity contribution is 7.16. The highest BCUT2D eigenvalue weighted by Gasteiger charge is 2.39. The van der Waals surface area contributed by atoms with Gasteiger partial charge in [0.1, 0.15) is 18.1 Å². The number of carbonyl (C=O) groups is 11. The molecule has 0 radical (unpaired) electrons. The Morgan fingerprint density at radius 2 is 1.12 bits per heavy atom. The number of carbonyl (C=O) groups excluding carboxylic acids is 11. The van der Waals surface area contributed by atoms with Crippen molar-refractivity contribution < 1.29 is 95.4 Å². The van der Waals surface area contributed by atoms with Gasteiger partial charge in [0.2, 0.25) is 11.8 Å². The van der Waals surface area contributed by atoms with E-state index in [0.717, 1.165) is 49.9 Å². The first-order valence-corrected chi connectivity index (χ1v) is 38.1. The van der Waals surface area contributed by atoms with Crippen LogP contribution in [0.3, 0.4) is 0 Å². The zero-order valence-corrected chi connectivity index (χ0v) is 64.3. The summed E-state index contributed by atoms with van der Waals surface area (Å²) < 4.78 is 50.4. The third-order valence-corrected chi connectivity index (χ3v) is 20.2. The van der Waals surface area contributed by atoms with Crippen molar-refractivity contribution in [2.45, 2.75) is 84.3 Å². The quantitative estimate of drug-likeness (QED) is 0.00910. The van der Waals surface area contributed by atoms with Gasteiger partial charge in [0.05, 0.1) is 113 Å². The maximum absolute atomic E-state index is 14.7. The van der Waals surface area contributed by atoms with Crippen LogP contribution in [0.2, 0.25) is 0 Å². The summed E-state index contributed by atoms with van der Waals surface area (Å²) in [6, 6.07) is 26.7. The molecule has 0 saturated heterocycles. The summed E-state index contributed by atoms with van der Waals surface area (Å²) >= 11 is 7.72. The number of likely N-dealkylation sites (N-methyl/N-ethyl adjacent to an activating group) is 2. The number of primary amides is 1. The fourth-order valence-corrected chi connectivity index (χ4v) is 14.1. The average molecular weight is 1560 g/mol. The molecule has 1 aromatic heterocycles. The number of rotatable bonds is 43. The number of ether oxygens (including phenoxy) is 9. The van der Waals surface area contributed by atoms with Crippen molar-refractivity contribution in [2.24, 2.45) is 17.6 Å². The normalized spacial score (nSPS) is 14.9. The Hall–Kier alpha value is -9.92. The molecule has 4 unspecified atom stereocenters. The van der Waals surface area contributed by atoms with E-state index in [9.17, 15) is 52.7 Å². The van der Waals surface area contributed by atoms with E-state index in [2.05, 4.69) is 22.9 Å². The van der Waals surface area contributed by atoms with Crippen molar-refractivity contribution in [3.8, 4) is 11.5 Å². The lowest BCUT2D eigenvalue weighted by molar-refractivity contribution is -0.138. The second-order valence-electron chi connectivity index (χ2n) is 26.9. The molecule has 0 bridgehead atoms. The summed E-state index contributed by atoms with van der Waals surface area (Å²) in [5.74, 6) is -3.78. The molecule has 5 aromatic carbocycles. The number of ketones is 1. The van der Waals surface area contributed by atoms with Gasteiger partial charge < -0.3 is 83.9 Å². The number of esters is 1. The molecule has 31 heteroatoms. The van der Waals surface area contributed by atoms with E-state index in [-0.39, 0.29) is 144 Å². The van der Waals surface area contributed by atoms with E-state index in [4.69, 9.17) is 60.0 Å². The van der Waals surface area contributed by atoms with Crippen LogP contribution in [0.25, 0.3) is 21.5 Å². The number of anilines is 3. The van der Waals surface area contributed by atoms with Crippen molar-refractivity contribution in [3.63, 3.8) is 0 Å². The lowest BCUT2D eigenvalue weighted by atomic mass is 9.89. The number of imide groups is 1. The summed E-state index contributed by atoms with van der Waals surface area (Å²) in [5, 5.41) is 11.2. The largest absolute Gasteiger partial charge is 0.445 e. The number of hydrogen-bond acceptors (Lipinski definition) is 21. The number of halogens is 1. The Morgan fingerprint density at radius 3 is 1.63 bits per heavy atom. The molecule has 10 amide bonds. The van der Waals surface area contributed by atoms with Gasteiger partial charge in [-0.05, 0) is 76.9 Å². The molecule has 110 heavy (non-hydrogen) atoms. The first kappa shape index (κ1) is 84.1. The second kappa shape index (κ2) is 41.8. The fraction of sp³-hybridized carbons (Fsp3) is 0.456.